The van der Waals surface area contributed by atoms with E-state index in [0.717, 1.165) is 6.20 Å². The molecule has 1 heterocycles. The van der Waals surface area contributed by atoms with Gasteiger partial charge in [0.05, 0.1) is 5.56 Å². The van der Waals surface area contributed by atoms with Crippen LogP contribution in [0.1, 0.15) is 5.56 Å². The SMILES string of the molecule is Oc1cc(C(F)(F)F)c(Br)cn1. The van der Waals surface area contributed by atoms with Crippen molar-refractivity contribution >= 4 is 15.9 Å². The molecule has 0 bridgehead atoms. The number of halogens is 4. The number of nitrogens with zero attached hydrogens (tertiary/aromatic N) is 1. The van der Waals surface area contributed by atoms with E-state index in [1.165, 1.54) is 0 Å². The quantitative estimate of drug-likeness (QED) is 0.758. The monoisotopic (exact) mass is 241 g/mol. The Morgan fingerprint density at radius 3 is 2.42 bits per heavy atom. The molecule has 66 valence electrons. The van der Waals surface area contributed by atoms with Crippen LogP contribution in [-0.4, -0.2) is 10.1 Å². The summed E-state index contributed by atoms with van der Waals surface area (Å²) in [6.45, 7) is 0. The summed E-state index contributed by atoms with van der Waals surface area (Å²) in [6.07, 6.45) is -3.57. The van der Waals surface area contributed by atoms with Crippen LogP contribution >= 0.6 is 15.9 Å². The van der Waals surface area contributed by atoms with Crippen molar-refractivity contribution in [1.29, 1.82) is 0 Å². The molecule has 0 aliphatic carbocycles. The van der Waals surface area contributed by atoms with Crippen molar-refractivity contribution in [2.45, 2.75) is 6.18 Å². The first-order valence-corrected chi connectivity index (χ1v) is 3.62. The topological polar surface area (TPSA) is 33.1 Å². The first-order valence-electron chi connectivity index (χ1n) is 2.83. The molecule has 0 aromatic carbocycles. The van der Waals surface area contributed by atoms with Gasteiger partial charge < -0.3 is 5.11 Å². The summed E-state index contributed by atoms with van der Waals surface area (Å²) >= 11 is 2.67. The average Bonchev–Trinajstić information content (AvgIpc) is 1.92. The molecule has 2 nitrogen and oxygen atoms in total. The molecule has 0 aliphatic heterocycles. The van der Waals surface area contributed by atoms with E-state index in [1.54, 1.807) is 0 Å². The van der Waals surface area contributed by atoms with Crippen LogP contribution < -0.4 is 0 Å². The average molecular weight is 242 g/mol. The fourth-order valence-corrected chi connectivity index (χ4v) is 1.09. The highest BCUT2D eigenvalue weighted by molar-refractivity contribution is 9.10. The Hall–Kier alpha value is -0.780. The highest BCUT2D eigenvalue weighted by Crippen LogP contribution is 2.35. The van der Waals surface area contributed by atoms with Gasteiger partial charge in [0.2, 0.25) is 5.88 Å². The van der Waals surface area contributed by atoms with Gasteiger partial charge in [-0.05, 0) is 15.9 Å². The first kappa shape index (κ1) is 9.31. The van der Waals surface area contributed by atoms with Gasteiger partial charge in [0.15, 0.2) is 0 Å². The van der Waals surface area contributed by atoms with Crippen molar-refractivity contribution in [1.82, 2.24) is 4.98 Å². The normalized spacial score (nSPS) is 11.7. The zero-order valence-electron chi connectivity index (χ0n) is 5.56. The molecule has 1 N–H and O–H groups in total. The highest BCUT2D eigenvalue weighted by atomic mass is 79.9. The molecular formula is C6H3BrF3NO. The van der Waals surface area contributed by atoms with Gasteiger partial charge in [0.25, 0.3) is 0 Å². The van der Waals surface area contributed by atoms with E-state index >= 15 is 0 Å². The number of hydrogen-bond acceptors (Lipinski definition) is 2. The summed E-state index contributed by atoms with van der Waals surface area (Å²) in [5.41, 5.74) is -0.935. The molecule has 0 aliphatic rings. The van der Waals surface area contributed by atoms with E-state index in [0.29, 0.717) is 6.07 Å². The van der Waals surface area contributed by atoms with E-state index in [2.05, 4.69) is 20.9 Å². The minimum Gasteiger partial charge on any atom is -0.493 e. The molecule has 1 aromatic rings. The third-order valence-electron chi connectivity index (χ3n) is 1.15. The molecule has 0 saturated heterocycles. The second kappa shape index (κ2) is 2.93. The van der Waals surface area contributed by atoms with Crippen molar-refractivity contribution in [3.63, 3.8) is 0 Å². The Morgan fingerprint density at radius 1 is 1.42 bits per heavy atom. The lowest BCUT2D eigenvalue weighted by Gasteiger charge is -2.07. The fraction of sp³-hybridized carbons (Fsp3) is 0.167. The standard InChI is InChI=1S/C6H3BrF3NO/c7-4-2-11-5(12)1-3(4)6(8,9)10/h1-2H,(H,11,12). The van der Waals surface area contributed by atoms with E-state index in [4.69, 9.17) is 5.11 Å². The fourth-order valence-electron chi connectivity index (χ4n) is 0.645. The van der Waals surface area contributed by atoms with Crippen LogP contribution in [0.2, 0.25) is 0 Å². The molecule has 0 spiro atoms. The van der Waals surface area contributed by atoms with Crippen molar-refractivity contribution in [3.05, 3.63) is 22.3 Å². The molecule has 0 radical (unpaired) electrons. The van der Waals surface area contributed by atoms with E-state index < -0.39 is 17.6 Å². The molecule has 0 atom stereocenters. The van der Waals surface area contributed by atoms with Gasteiger partial charge in [-0.2, -0.15) is 13.2 Å². The second-order valence-electron chi connectivity index (χ2n) is 2.02. The summed E-state index contributed by atoms with van der Waals surface area (Å²) in [5.74, 6) is -0.648. The van der Waals surface area contributed by atoms with E-state index in [-0.39, 0.29) is 4.47 Å². The van der Waals surface area contributed by atoms with Crippen molar-refractivity contribution in [2.24, 2.45) is 0 Å². The van der Waals surface area contributed by atoms with Crippen molar-refractivity contribution < 1.29 is 18.3 Å². The smallest absolute Gasteiger partial charge is 0.417 e. The van der Waals surface area contributed by atoms with Crippen molar-refractivity contribution in [3.8, 4) is 5.88 Å². The Labute approximate surface area is 74.2 Å². The molecular weight excluding hydrogens is 239 g/mol. The predicted molar refractivity (Wildman–Crippen MR) is 38.6 cm³/mol. The Kier molecular flexibility index (Phi) is 2.27. The lowest BCUT2D eigenvalue weighted by Crippen LogP contribution is -2.05. The molecule has 12 heavy (non-hydrogen) atoms. The van der Waals surface area contributed by atoms with Crippen LogP contribution in [0.3, 0.4) is 0 Å². The zero-order valence-corrected chi connectivity index (χ0v) is 7.15. The summed E-state index contributed by atoms with van der Waals surface area (Å²) < 4.78 is 36.0. The van der Waals surface area contributed by atoms with E-state index in [9.17, 15) is 13.2 Å². The zero-order chi connectivity index (χ0) is 9.35. The highest BCUT2D eigenvalue weighted by Gasteiger charge is 2.33. The predicted octanol–water partition coefficient (Wildman–Crippen LogP) is 2.57. The van der Waals surface area contributed by atoms with Gasteiger partial charge in [-0.25, -0.2) is 4.98 Å². The minimum atomic E-state index is -4.47. The van der Waals surface area contributed by atoms with Gasteiger partial charge >= 0.3 is 6.18 Å². The number of aromatic nitrogens is 1. The molecule has 0 fully saturated rings. The molecule has 0 amide bonds. The molecule has 0 unspecified atom stereocenters. The Balaban J connectivity index is 3.23. The number of alkyl halides is 3. The maximum Gasteiger partial charge on any atom is 0.417 e. The van der Waals surface area contributed by atoms with Gasteiger partial charge in [-0.3, -0.25) is 0 Å². The van der Waals surface area contributed by atoms with Gasteiger partial charge in [0.1, 0.15) is 0 Å². The first-order chi connectivity index (χ1) is 5.41. The molecule has 1 rings (SSSR count). The van der Waals surface area contributed by atoms with Crippen molar-refractivity contribution in [2.75, 3.05) is 0 Å². The number of rotatable bonds is 0. The number of hydrogen-bond donors (Lipinski definition) is 1. The van der Waals surface area contributed by atoms with Crippen LogP contribution in [-0.2, 0) is 6.18 Å². The van der Waals surface area contributed by atoms with E-state index in [1.807, 2.05) is 0 Å². The van der Waals surface area contributed by atoms with Crippen LogP contribution in [0, 0.1) is 0 Å². The summed E-state index contributed by atoms with van der Waals surface area (Å²) in [7, 11) is 0. The summed E-state index contributed by atoms with van der Waals surface area (Å²) in [6, 6.07) is 0.560. The number of aromatic hydroxyl groups is 1. The van der Waals surface area contributed by atoms with Crippen LogP contribution in [0.15, 0.2) is 16.7 Å². The maximum atomic E-state index is 12.1. The third-order valence-corrected chi connectivity index (χ3v) is 1.78. The summed E-state index contributed by atoms with van der Waals surface area (Å²) in [4.78, 5) is 3.26. The lowest BCUT2D eigenvalue weighted by molar-refractivity contribution is -0.138. The van der Waals surface area contributed by atoms with Gasteiger partial charge in [-0.15, -0.1) is 0 Å². The molecule has 1 aromatic heterocycles. The molecule has 0 saturated carbocycles. The minimum absolute atomic E-state index is 0.187. The second-order valence-corrected chi connectivity index (χ2v) is 2.87. The molecule has 6 heteroatoms. The van der Waals surface area contributed by atoms with Crippen LogP contribution in [0.4, 0.5) is 13.2 Å². The Bertz CT molecular complexity index is 299. The van der Waals surface area contributed by atoms with Crippen LogP contribution in [0.25, 0.3) is 0 Å². The largest absolute Gasteiger partial charge is 0.493 e. The van der Waals surface area contributed by atoms with Gasteiger partial charge in [-0.1, -0.05) is 0 Å². The summed E-state index contributed by atoms with van der Waals surface area (Å²) in [5, 5.41) is 8.67. The number of pyridine rings is 1. The Morgan fingerprint density at radius 2 is 2.00 bits per heavy atom. The lowest BCUT2D eigenvalue weighted by atomic mass is 10.2. The maximum absolute atomic E-state index is 12.1. The van der Waals surface area contributed by atoms with Gasteiger partial charge in [0, 0.05) is 16.7 Å². The van der Waals surface area contributed by atoms with Crippen LogP contribution in [0.5, 0.6) is 5.88 Å². The third kappa shape index (κ3) is 1.88.